The monoisotopic (exact) mass is 343 g/mol. The number of pyridine rings is 1. The van der Waals surface area contributed by atoms with Gasteiger partial charge in [-0.3, -0.25) is 9.59 Å². The Balaban J connectivity index is 1.82. The number of aromatic nitrogens is 3. The van der Waals surface area contributed by atoms with E-state index in [0.29, 0.717) is 19.6 Å². The molecule has 1 atom stereocenters. The molecule has 0 saturated carbocycles. The van der Waals surface area contributed by atoms with E-state index in [1.165, 1.54) is 6.92 Å². The molecule has 0 spiro atoms. The Hall–Kier alpha value is -2.44. The molecule has 2 aromatic heterocycles. The van der Waals surface area contributed by atoms with Gasteiger partial charge in [0.15, 0.2) is 5.65 Å². The maximum atomic E-state index is 12.2. The van der Waals surface area contributed by atoms with E-state index in [9.17, 15) is 9.59 Å². The number of fused-ring (bicyclic) bond motifs is 1. The van der Waals surface area contributed by atoms with Crippen LogP contribution in [0.4, 0.5) is 0 Å². The molecule has 3 heterocycles. The molecule has 1 aliphatic heterocycles. The molecule has 1 saturated heterocycles. The van der Waals surface area contributed by atoms with Crippen molar-refractivity contribution in [2.24, 2.45) is 5.92 Å². The summed E-state index contributed by atoms with van der Waals surface area (Å²) in [5.41, 5.74) is 1.83. The van der Waals surface area contributed by atoms with Crippen molar-refractivity contribution in [2.75, 3.05) is 19.6 Å². The van der Waals surface area contributed by atoms with E-state index >= 15 is 0 Å². The van der Waals surface area contributed by atoms with Gasteiger partial charge in [-0.05, 0) is 18.6 Å². The molecule has 7 nitrogen and oxygen atoms in total. The number of amides is 2. The van der Waals surface area contributed by atoms with Gasteiger partial charge in [0.1, 0.15) is 0 Å². The third kappa shape index (κ3) is 3.65. The average molecular weight is 343 g/mol. The van der Waals surface area contributed by atoms with Crippen molar-refractivity contribution >= 4 is 22.8 Å². The molecule has 0 radical (unpaired) electrons. The van der Waals surface area contributed by atoms with Gasteiger partial charge in [-0.2, -0.15) is 5.10 Å². The zero-order chi connectivity index (χ0) is 18.0. The number of rotatable bonds is 5. The molecule has 1 fully saturated rings. The van der Waals surface area contributed by atoms with Crippen LogP contribution in [0.5, 0.6) is 0 Å². The molecule has 1 aliphatic rings. The number of hydrogen-bond donors (Lipinski definition) is 1. The topological polar surface area (TPSA) is 80.1 Å². The highest BCUT2D eigenvalue weighted by atomic mass is 16.2. The first-order valence-electron chi connectivity index (χ1n) is 8.82. The quantitative estimate of drug-likeness (QED) is 0.893. The zero-order valence-electron chi connectivity index (χ0n) is 15.0. The summed E-state index contributed by atoms with van der Waals surface area (Å²) in [4.78, 5) is 29.7. The third-order valence-corrected chi connectivity index (χ3v) is 4.61. The lowest BCUT2D eigenvalue weighted by molar-refractivity contribution is -0.133. The number of carbonyl (C=O) groups excluding carboxylic acids is 2. The minimum Gasteiger partial charge on any atom is -0.354 e. The van der Waals surface area contributed by atoms with E-state index in [4.69, 9.17) is 5.10 Å². The molecule has 2 aromatic rings. The molecular formula is C18H25N5O2. The Bertz CT molecular complexity index is 783. The van der Waals surface area contributed by atoms with Crippen molar-refractivity contribution in [1.29, 1.82) is 0 Å². The smallest absolute Gasteiger partial charge is 0.225 e. The molecule has 25 heavy (non-hydrogen) atoms. The number of nitrogens with one attached hydrogen (secondary N) is 1. The van der Waals surface area contributed by atoms with Gasteiger partial charge in [-0.25, -0.2) is 9.67 Å². The van der Waals surface area contributed by atoms with E-state index in [2.05, 4.69) is 10.3 Å². The largest absolute Gasteiger partial charge is 0.354 e. The van der Waals surface area contributed by atoms with E-state index in [-0.39, 0.29) is 23.7 Å². The number of likely N-dealkylation sites (tertiary alicyclic amines) is 1. The van der Waals surface area contributed by atoms with E-state index in [1.54, 1.807) is 6.20 Å². The average Bonchev–Trinajstić information content (AvgIpc) is 3.19. The first-order valence-corrected chi connectivity index (χ1v) is 8.82. The van der Waals surface area contributed by atoms with E-state index in [1.807, 2.05) is 35.6 Å². The first-order chi connectivity index (χ1) is 12.0. The minimum absolute atomic E-state index is 0.0207. The van der Waals surface area contributed by atoms with Gasteiger partial charge in [0.25, 0.3) is 0 Å². The lowest BCUT2D eigenvalue weighted by atomic mass is 10.0. The Labute approximate surface area is 147 Å². The molecule has 1 N–H and O–H groups in total. The summed E-state index contributed by atoms with van der Waals surface area (Å²) in [5.74, 6) is 0.405. The second-order valence-corrected chi connectivity index (χ2v) is 6.89. The molecule has 0 aliphatic carbocycles. The fraction of sp³-hybridized carbons (Fsp3) is 0.556. The van der Waals surface area contributed by atoms with E-state index in [0.717, 1.165) is 29.7 Å². The second-order valence-electron chi connectivity index (χ2n) is 6.89. The van der Waals surface area contributed by atoms with E-state index < -0.39 is 0 Å². The molecule has 7 heteroatoms. The van der Waals surface area contributed by atoms with Crippen molar-refractivity contribution in [3.63, 3.8) is 0 Å². The predicted octanol–water partition coefficient (Wildman–Crippen LogP) is 1.54. The van der Waals surface area contributed by atoms with Crippen LogP contribution in [0.3, 0.4) is 0 Å². The normalized spacial score (nSPS) is 17.4. The van der Waals surface area contributed by atoms with Gasteiger partial charge in [0, 0.05) is 50.0 Å². The zero-order valence-corrected chi connectivity index (χ0v) is 15.0. The Morgan fingerprint density at radius 3 is 2.92 bits per heavy atom. The van der Waals surface area contributed by atoms with Crippen molar-refractivity contribution < 1.29 is 9.59 Å². The molecule has 0 aromatic carbocycles. The van der Waals surface area contributed by atoms with Crippen molar-refractivity contribution in [2.45, 2.75) is 39.7 Å². The van der Waals surface area contributed by atoms with Crippen molar-refractivity contribution in [1.82, 2.24) is 25.0 Å². The Kier molecular flexibility index (Phi) is 5.01. The number of nitrogens with zero attached hydrogens (tertiary/aromatic N) is 4. The second kappa shape index (κ2) is 7.21. The van der Waals surface area contributed by atoms with Gasteiger partial charge in [0.2, 0.25) is 11.8 Å². The van der Waals surface area contributed by atoms with Crippen LogP contribution in [0.25, 0.3) is 11.0 Å². The summed E-state index contributed by atoms with van der Waals surface area (Å²) in [7, 11) is 0. The lowest BCUT2D eigenvalue weighted by Gasteiger charge is -2.18. The van der Waals surface area contributed by atoms with Crippen molar-refractivity contribution in [3.8, 4) is 0 Å². The Morgan fingerprint density at radius 2 is 2.20 bits per heavy atom. The fourth-order valence-corrected chi connectivity index (χ4v) is 3.38. The summed E-state index contributed by atoms with van der Waals surface area (Å²) >= 11 is 0. The fourth-order valence-electron chi connectivity index (χ4n) is 3.38. The van der Waals surface area contributed by atoms with Gasteiger partial charge >= 0.3 is 0 Å². The standard InChI is InChI=1S/C18H25N5O2/c1-12(2)18(25)22-9-6-14(11-22)16-15-5-4-7-20-17(15)23(21-16)10-8-19-13(3)24/h4-5,7,12,14H,6,8-11H2,1-3H3,(H,19,24)/t14-/m0/s1. The van der Waals surface area contributed by atoms with Crippen LogP contribution < -0.4 is 5.32 Å². The summed E-state index contributed by atoms with van der Waals surface area (Å²) in [6.45, 7) is 7.96. The Morgan fingerprint density at radius 1 is 1.40 bits per heavy atom. The first kappa shape index (κ1) is 17.4. The van der Waals surface area contributed by atoms with Gasteiger partial charge in [-0.1, -0.05) is 13.8 Å². The maximum Gasteiger partial charge on any atom is 0.225 e. The van der Waals surface area contributed by atoms with Crippen LogP contribution >= 0.6 is 0 Å². The molecule has 3 rings (SSSR count). The summed E-state index contributed by atoms with van der Waals surface area (Å²) in [5, 5.41) is 8.60. The van der Waals surface area contributed by atoms with Gasteiger partial charge < -0.3 is 10.2 Å². The molecular weight excluding hydrogens is 318 g/mol. The van der Waals surface area contributed by atoms with Gasteiger partial charge in [0.05, 0.1) is 12.2 Å². The highest BCUT2D eigenvalue weighted by Gasteiger charge is 2.31. The molecule has 2 amide bonds. The highest BCUT2D eigenvalue weighted by Crippen LogP contribution is 2.31. The van der Waals surface area contributed by atoms with Crippen LogP contribution in [0.1, 0.15) is 38.8 Å². The third-order valence-electron chi connectivity index (χ3n) is 4.61. The van der Waals surface area contributed by atoms with Crippen LogP contribution in [0.15, 0.2) is 18.3 Å². The molecule has 134 valence electrons. The SMILES string of the molecule is CC(=O)NCCn1nc([C@H]2CCN(C(=O)C(C)C)C2)c2cccnc21. The predicted molar refractivity (Wildman–Crippen MR) is 95.0 cm³/mol. The van der Waals surface area contributed by atoms with Crippen LogP contribution in [-0.4, -0.2) is 51.1 Å². The molecule has 0 unspecified atom stereocenters. The summed E-state index contributed by atoms with van der Waals surface area (Å²) in [6, 6.07) is 3.95. The van der Waals surface area contributed by atoms with Crippen LogP contribution in [0, 0.1) is 5.92 Å². The maximum absolute atomic E-state index is 12.2. The van der Waals surface area contributed by atoms with Crippen LogP contribution in [0.2, 0.25) is 0 Å². The summed E-state index contributed by atoms with van der Waals surface area (Å²) < 4.78 is 1.85. The highest BCUT2D eigenvalue weighted by molar-refractivity contribution is 5.80. The number of carbonyl (C=O) groups is 2. The lowest BCUT2D eigenvalue weighted by Crippen LogP contribution is -2.32. The van der Waals surface area contributed by atoms with Crippen LogP contribution in [-0.2, 0) is 16.1 Å². The summed E-state index contributed by atoms with van der Waals surface area (Å²) in [6.07, 6.45) is 2.68. The van der Waals surface area contributed by atoms with Crippen molar-refractivity contribution in [3.05, 3.63) is 24.0 Å². The number of hydrogen-bond acceptors (Lipinski definition) is 4. The molecule has 0 bridgehead atoms. The minimum atomic E-state index is -0.0525. The van der Waals surface area contributed by atoms with Gasteiger partial charge in [-0.15, -0.1) is 0 Å².